The van der Waals surface area contributed by atoms with Crippen molar-refractivity contribution < 1.29 is 4.79 Å². The minimum Gasteiger partial charge on any atom is -0.384 e. The lowest BCUT2D eigenvalue weighted by atomic mass is 10.1. The zero-order valence-electron chi connectivity index (χ0n) is 13.4. The van der Waals surface area contributed by atoms with Crippen molar-refractivity contribution in [3.63, 3.8) is 0 Å². The molecular weight excluding hydrogens is 308 g/mol. The molecule has 2 aromatic rings. The number of anilines is 1. The van der Waals surface area contributed by atoms with Crippen LogP contribution in [0.4, 0.5) is 5.69 Å². The molecule has 0 atom stereocenters. The largest absolute Gasteiger partial charge is 0.384 e. The first-order valence-electron chi connectivity index (χ1n) is 7.96. The fourth-order valence-corrected chi connectivity index (χ4v) is 2.62. The number of carbonyl (C=O) groups is 1. The lowest BCUT2D eigenvalue weighted by Gasteiger charge is -2.10. The normalized spacial score (nSPS) is 10.3. The molecule has 0 aliphatic rings. The molecule has 0 saturated carbocycles. The van der Waals surface area contributed by atoms with E-state index in [2.05, 4.69) is 22.8 Å². The van der Waals surface area contributed by atoms with E-state index in [1.165, 1.54) is 5.56 Å². The van der Waals surface area contributed by atoms with Crippen molar-refractivity contribution in [2.75, 3.05) is 18.4 Å². The topological polar surface area (TPSA) is 41.1 Å². The summed E-state index contributed by atoms with van der Waals surface area (Å²) in [6.07, 6.45) is 2.41. The van der Waals surface area contributed by atoms with E-state index in [4.69, 9.17) is 11.6 Å². The molecule has 2 N–H and O–H groups in total. The van der Waals surface area contributed by atoms with Gasteiger partial charge >= 0.3 is 0 Å². The Balaban J connectivity index is 1.60. The number of nitrogens with one attached hydrogen (secondary N) is 2. The zero-order valence-corrected chi connectivity index (χ0v) is 14.2. The van der Waals surface area contributed by atoms with Crippen molar-refractivity contribution in [1.29, 1.82) is 0 Å². The molecule has 0 unspecified atom stereocenters. The van der Waals surface area contributed by atoms with Crippen molar-refractivity contribution in [1.82, 2.24) is 5.32 Å². The Labute approximate surface area is 143 Å². The molecule has 4 heteroatoms. The van der Waals surface area contributed by atoms with E-state index in [0.717, 1.165) is 29.1 Å². The fraction of sp³-hybridized carbons (Fsp3) is 0.316. The summed E-state index contributed by atoms with van der Waals surface area (Å²) >= 11 is 5.92. The number of hydrogen-bond donors (Lipinski definition) is 2. The quantitative estimate of drug-likeness (QED) is 0.712. The second kappa shape index (κ2) is 9.21. The van der Waals surface area contributed by atoms with E-state index < -0.39 is 0 Å². The summed E-state index contributed by atoms with van der Waals surface area (Å²) in [5, 5.41) is 6.96. The van der Waals surface area contributed by atoms with Crippen LogP contribution in [0.5, 0.6) is 0 Å². The summed E-state index contributed by atoms with van der Waals surface area (Å²) in [6.45, 7) is 3.33. The molecule has 0 aromatic heterocycles. The van der Waals surface area contributed by atoms with Gasteiger partial charge < -0.3 is 10.6 Å². The highest BCUT2D eigenvalue weighted by molar-refractivity contribution is 6.30. The lowest BCUT2D eigenvalue weighted by molar-refractivity contribution is -0.120. The third-order valence-electron chi connectivity index (χ3n) is 3.66. The maximum Gasteiger partial charge on any atom is 0.221 e. The summed E-state index contributed by atoms with van der Waals surface area (Å²) in [5.74, 6) is 0.0807. The van der Waals surface area contributed by atoms with Crippen LogP contribution in [0.3, 0.4) is 0 Å². The van der Waals surface area contributed by atoms with Crippen LogP contribution in [0, 0.1) is 6.92 Å². The molecule has 23 heavy (non-hydrogen) atoms. The second-order valence-electron chi connectivity index (χ2n) is 5.58. The van der Waals surface area contributed by atoms with Gasteiger partial charge in [-0.2, -0.15) is 0 Å². The maximum atomic E-state index is 11.8. The van der Waals surface area contributed by atoms with Crippen LogP contribution in [0.25, 0.3) is 0 Å². The van der Waals surface area contributed by atoms with E-state index in [1.807, 2.05) is 43.3 Å². The highest BCUT2D eigenvalue weighted by Crippen LogP contribution is 2.19. The van der Waals surface area contributed by atoms with Crippen LogP contribution in [-0.2, 0) is 11.2 Å². The van der Waals surface area contributed by atoms with Gasteiger partial charge in [0.25, 0.3) is 0 Å². The Hall–Kier alpha value is -2.00. The van der Waals surface area contributed by atoms with Gasteiger partial charge in [-0.1, -0.05) is 41.9 Å². The van der Waals surface area contributed by atoms with Crippen molar-refractivity contribution in [2.45, 2.75) is 26.2 Å². The van der Waals surface area contributed by atoms with E-state index in [1.54, 1.807) is 0 Å². The molecule has 2 rings (SSSR count). The van der Waals surface area contributed by atoms with Gasteiger partial charge in [-0.25, -0.2) is 0 Å². The smallest absolute Gasteiger partial charge is 0.221 e. The summed E-state index contributed by atoms with van der Waals surface area (Å²) in [4.78, 5) is 11.8. The van der Waals surface area contributed by atoms with Crippen LogP contribution in [0.2, 0.25) is 5.02 Å². The summed E-state index contributed by atoms with van der Waals surface area (Å²) in [5.41, 5.74) is 3.41. The Morgan fingerprint density at radius 1 is 1.09 bits per heavy atom. The average Bonchev–Trinajstić information content (AvgIpc) is 2.55. The predicted molar refractivity (Wildman–Crippen MR) is 97.1 cm³/mol. The first-order valence-corrected chi connectivity index (χ1v) is 8.33. The Morgan fingerprint density at radius 2 is 1.87 bits per heavy atom. The minimum absolute atomic E-state index is 0.0807. The van der Waals surface area contributed by atoms with Gasteiger partial charge in [0.15, 0.2) is 0 Å². The summed E-state index contributed by atoms with van der Waals surface area (Å²) in [6, 6.07) is 16.0. The van der Waals surface area contributed by atoms with Crippen LogP contribution < -0.4 is 10.6 Å². The van der Waals surface area contributed by atoms with Gasteiger partial charge in [-0.15, -0.1) is 0 Å². The second-order valence-corrected chi connectivity index (χ2v) is 6.01. The van der Waals surface area contributed by atoms with Gasteiger partial charge in [-0.3, -0.25) is 4.79 Å². The molecule has 0 heterocycles. The number of halogens is 1. The number of rotatable bonds is 8. The number of benzene rings is 2. The molecule has 0 fully saturated rings. The van der Waals surface area contributed by atoms with E-state index in [0.29, 0.717) is 19.5 Å². The first kappa shape index (κ1) is 17.4. The van der Waals surface area contributed by atoms with Crippen molar-refractivity contribution in [3.8, 4) is 0 Å². The highest BCUT2D eigenvalue weighted by Gasteiger charge is 2.02. The molecule has 0 aliphatic heterocycles. The van der Waals surface area contributed by atoms with Crippen LogP contribution >= 0.6 is 11.6 Å². The van der Waals surface area contributed by atoms with Gasteiger partial charge in [0.05, 0.1) is 0 Å². The van der Waals surface area contributed by atoms with Crippen LogP contribution in [0.1, 0.15) is 24.0 Å². The molecule has 0 radical (unpaired) electrons. The molecule has 0 saturated heterocycles. The SMILES string of the molecule is Cc1cc(Cl)ccc1NCCC(=O)NCCCc1ccccc1. The summed E-state index contributed by atoms with van der Waals surface area (Å²) in [7, 11) is 0. The number of carbonyl (C=O) groups excluding carboxylic acids is 1. The van der Waals surface area contributed by atoms with E-state index in [9.17, 15) is 4.79 Å². The number of aryl methyl sites for hydroxylation is 2. The van der Waals surface area contributed by atoms with Crippen molar-refractivity contribution in [2.24, 2.45) is 0 Å². The van der Waals surface area contributed by atoms with Gasteiger partial charge in [0, 0.05) is 30.2 Å². The monoisotopic (exact) mass is 330 g/mol. The zero-order chi connectivity index (χ0) is 16.5. The molecule has 0 aliphatic carbocycles. The Bertz CT molecular complexity index is 629. The molecular formula is C19H23ClN2O. The number of hydrogen-bond acceptors (Lipinski definition) is 2. The Morgan fingerprint density at radius 3 is 2.61 bits per heavy atom. The maximum absolute atomic E-state index is 11.8. The fourth-order valence-electron chi connectivity index (χ4n) is 2.39. The van der Waals surface area contributed by atoms with Crippen molar-refractivity contribution in [3.05, 3.63) is 64.7 Å². The first-order chi connectivity index (χ1) is 11.1. The van der Waals surface area contributed by atoms with Gasteiger partial charge in [0.1, 0.15) is 0 Å². The summed E-state index contributed by atoms with van der Waals surface area (Å²) < 4.78 is 0. The van der Waals surface area contributed by atoms with E-state index >= 15 is 0 Å². The Kier molecular flexibility index (Phi) is 6.95. The average molecular weight is 331 g/mol. The predicted octanol–water partition coefficient (Wildman–Crippen LogP) is 4.20. The van der Waals surface area contributed by atoms with Gasteiger partial charge in [0.2, 0.25) is 5.91 Å². The highest BCUT2D eigenvalue weighted by atomic mass is 35.5. The van der Waals surface area contributed by atoms with Crippen LogP contribution in [-0.4, -0.2) is 19.0 Å². The standard InChI is InChI=1S/C19H23ClN2O/c1-15-14-17(20)9-10-18(15)21-13-11-19(23)22-12-5-8-16-6-3-2-4-7-16/h2-4,6-7,9-10,14,21H,5,8,11-13H2,1H3,(H,22,23). The third kappa shape index (κ3) is 6.33. The molecule has 3 nitrogen and oxygen atoms in total. The molecule has 1 amide bonds. The molecule has 122 valence electrons. The minimum atomic E-state index is 0.0807. The third-order valence-corrected chi connectivity index (χ3v) is 3.90. The van der Waals surface area contributed by atoms with Crippen LogP contribution in [0.15, 0.2) is 48.5 Å². The van der Waals surface area contributed by atoms with Gasteiger partial charge in [-0.05, 0) is 49.1 Å². The molecule has 2 aromatic carbocycles. The number of amides is 1. The van der Waals surface area contributed by atoms with E-state index in [-0.39, 0.29) is 5.91 Å². The van der Waals surface area contributed by atoms with Crippen molar-refractivity contribution >= 4 is 23.2 Å². The molecule has 0 spiro atoms. The molecule has 0 bridgehead atoms. The lowest BCUT2D eigenvalue weighted by Crippen LogP contribution is -2.26.